The van der Waals surface area contributed by atoms with Crippen molar-refractivity contribution in [3.05, 3.63) is 34.9 Å². The van der Waals surface area contributed by atoms with Crippen LogP contribution in [-0.2, 0) is 13.7 Å². The molecule has 0 saturated carbocycles. The van der Waals surface area contributed by atoms with E-state index in [0.29, 0.717) is 16.2 Å². The van der Waals surface area contributed by atoms with E-state index in [1.807, 2.05) is 17.8 Å². The molecule has 1 aromatic heterocycles. The molecule has 1 aromatic carbocycles. The first-order valence-electron chi connectivity index (χ1n) is 7.78. The summed E-state index contributed by atoms with van der Waals surface area (Å²) in [6, 6.07) is 6.70. The summed E-state index contributed by atoms with van der Waals surface area (Å²) in [7, 11) is 1.85. The van der Waals surface area contributed by atoms with Crippen LogP contribution in [0.25, 0.3) is 11.4 Å². The minimum atomic E-state index is -0.267. The van der Waals surface area contributed by atoms with Gasteiger partial charge in [-0.3, -0.25) is 0 Å². The Kier molecular flexibility index (Phi) is 4.40. The minimum Gasteiger partial charge on any atom is -0.316 e. The molecular formula is C16H22FN4S+. The number of nitrogens with one attached hydrogen (secondary N) is 1. The summed E-state index contributed by atoms with van der Waals surface area (Å²) in [6.45, 7) is 5.36. The van der Waals surface area contributed by atoms with Gasteiger partial charge in [-0.25, -0.2) is 4.39 Å². The van der Waals surface area contributed by atoms with Gasteiger partial charge in [0.2, 0.25) is 4.77 Å². The zero-order valence-corrected chi connectivity index (χ0v) is 13.9. The Morgan fingerprint density at radius 1 is 1.32 bits per heavy atom. The van der Waals surface area contributed by atoms with Gasteiger partial charge in [0.15, 0.2) is 12.5 Å². The van der Waals surface area contributed by atoms with Gasteiger partial charge in [-0.2, -0.15) is 4.68 Å². The normalized spacial score (nSPS) is 22.0. The van der Waals surface area contributed by atoms with Gasteiger partial charge in [0, 0.05) is 7.05 Å². The number of rotatable bonds is 3. The first kappa shape index (κ1) is 15.4. The Bertz CT molecular complexity index is 713. The van der Waals surface area contributed by atoms with Crippen LogP contribution >= 0.6 is 12.2 Å². The Labute approximate surface area is 135 Å². The predicted octanol–water partition coefficient (Wildman–Crippen LogP) is 2.03. The summed E-state index contributed by atoms with van der Waals surface area (Å²) < 4.78 is 18.3. The molecule has 2 aromatic rings. The summed E-state index contributed by atoms with van der Waals surface area (Å²) in [4.78, 5) is 1.49. The lowest BCUT2D eigenvalue weighted by Gasteiger charge is -2.26. The third-order valence-electron chi connectivity index (χ3n) is 4.51. The molecule has 0 bridgehead atoms. The smallest absolute Gasteiger partial charge is 0.202 e. The lowest BCUT2D eigenvalue weighted by molar-refractivity contribution is -0.929. The Morgan fingerprint density at radius 2 is 2.00 bits per heavy atom. The average molecular weight is 321 g/mol. The second-order valence-corrected chi connectivity index (χ2v) is 6.60. The van der Waals surface area contributed by atoms with Crippen molar-refractivity contribution >= 4 is 12.2 Å². The van der Waals surface area contributed by atoms with E-state index in [0.717, 1.165) is 25.7 Å². The highest BCUT2D eigenvalue weighted by atomic mass is 32.1. The number of hydrogen-bond donors (Lipinski definition) is 1. The number of hydrogen-bond acceptors (Lipinski definition) is 2. The summed E-state index contributed by atoms with van der Waals surface area (Å²) in [6.07, 6.45) is 2.49. The molecule has 1 aliphatic heterocycles. The van der Waals surface area contributed by atoms with Crippen LogP contribution < -0.4 is 4.90 Å². The molecule has 22 heavy (non-hydrogen) atoms. The third-order valence-corrected chi connectivity index (χ3v) is 4.99. The van der Waals surface area contributed by atoms with Gasteiger partial charge in [-0.15, -0.1) is 5.10 Å². The van der Waals surface area contributed by atoms with Crippen LogP contribution in [0.15, 0.2) is 24.3 Å². The van der Waals surface area contributed by atoms with Gasteiger partial charge in [0.05, 0.1) is 18.7 Å². The van der Waals surface area contributed by atoms with Crippen molar-refractivity contribution in [1.82, 2.24) is 14.3 Å². The number of likely N-dealkylation sites (tertiary alicyclic amines) is 1. The van der Waals surface area contributed by atoms with E-state index in [9.17, 15) is 4.39 Å². The second kappa shape index (κ2) is 6.30. The third kappa shape index (κ3) is 2.98. The molecular weight excluding hydrogens is 299 g/mol. The molecule has 1 saturated heterocycles. The van der Waals surface area contributed by atoms with Crippen molar-refractivity contribution in [2.24, 2.45) is 13.0 Å². The van der Waals surface area contributed by atoms with Crippen LogP contribution in [-0.4, -0.2) is 27.4 Å². The van der Waals surface area contributed by atoms with Gasteiger partial charge in [0.1, 0.15) is 5.82 Å². The van der Waals surface area contributed by atoms with Crippen molar-refractivity contribution in [3.8, 4) is 11.4 Å². The maximum Gasteiger partial charge on any atom is 0.202 e. The van der Waals surface area contributed by atoms with Gasteiger partial charge in [0.25, 0.3) is 0 Å². The molecule has 1 N–H and O–H groups in total. The van der Waals surface area contributed by atoms with E-state index in [1.165, 1.54) is 23.8 Å². The topological polar surface area (TPSA) is 27.2 Å². The van der Waals surface area contributed by atoms with Crippen LogP contribution in [0.1, 0.15) is 19.8 Å². The fourth-order valence-corrected chi connectivity index (χ4v) is 3.20. The Morgan fingerprint density at radius 3 is 2.68 bits per heavy atom. The number of nitrogens with zero attached hydrogens (tertiary/aromatic N) is 3. The van der Waals surface area contributed by atoms with E-state index in [-0.39, 0.29) is 5.82 Å². The minimum absolute atomic E-state index is 0.267. The molecule has 0 amide bonds. The number of halogens is 1. The lowest BCUT2D eigenvalue weighted by Crippen LogP contribution is -3.12. The molecule has 0 radical (unpaired) electrons. The van der Waals surface area contributed by atoms with Crippen molar-refractivity contribution in [2.45, 2.75) is 26.4 Å². The standard InChI is InChI=1S/C16H21FN4S/c1-12-7-9-20(10-8-12)11-21-16(22)19(2)15(18-21)13-5-3-4-6-14(13)17/h3-6,12H,7-11H2,1-2H3/p+1. The van der Waals surface area contributed by atoms with Crippen LogP contribution in [0.4, 0.5) is 4.39 Å². The van der Waals surface area contributed by atoms with Gasteiger partial charge in [-0.1, -0.05) is 19.1 Å². The molecule has 2 heterocycles. The molecule has 3 rings (SSSR count). The molecule has 0 atom stereocenters. The first-order valence-corrected chi connectivity index (χ1v) is 8.19. The molecule has 4 nitrogen and oxygen atoms in total. The summed E-state index contributed by atoms with van der Waals surface area (Å²) in [5, 5.41) is 4.57. The Hall–Kier alpha value is -1.53. The molecule has 0 unspecified atom stereocenters. The highest BCUT2D eigenvalue weighted by Gasteiger charge is 2.21. The fraction of sp³-hybridized carbons (Fsp3) is 0.500. The molecule has 118 valence electrons. The number of aromatic nitrogens is 3. The summed E-state index contributed by atoms with van der Waals surface area (Å²) >= 11 is 5.48. The van der Waals surface area contributed by atoms with Crippen molar-refractivity contribution < 1.29 is 9.29 Å². The number of benzene rings is 1. The largest absolute Gasteiger partial charge is 0.316 e. The molecule has 6 heteroatoms. The van der Waals surface area contributed by atoms with E-state index in [4.69, 9.17) is 12.2 Å². The second-order valence-electron chi connectivity index (χ2n) is 6.24. The van der Waals surface area contributed by atoms with Crippen LogP contribution in [0.5, 0.6) is 0 Å². The first-order chi connectivity index (χ1) is 10.6. The molecule has 1 aliphatic rings. The summed E-state index contributed by atoms with van der Waals surface area (Å²) in [5.41, 5.74) is 0.497. The maximum absolute atomic E-state index is 14.0. The van der Waals surface area contributed by atoms with Crippen molar-refractivity contribution in [2.75, 3.05) is 13.1 Å². The SMILES string of the molecule is CC1CC[NH+](Cn2nc(-c3ccccc3F)n(C)c2=S)CC1. The van der Waals surface area contributed by atoms with Gasteiger partial charge >= 0.3 is 0 Å². The monoisotopic (exact) mass is 321 g/mol. The average Bonchev–Trinajstić information content (AvgIpc) is 2.78. The quantitative estimate of drug-likeness (QED) is 0.876. The highest BCUT2D eigenvalue weighted by Crippen LogP contribution is 2.20. The maximum atomic E-state index is 14.0. The molecule has 1 fully saturated rings. The van der Waals surface area contributed by atoms with Gasteiger partial charge < -0.3 is 9.47 Å². The van der Waals surface area contributed by atoms with E-state index >= 15 is 0 Å². The van der Waals surface area contributed by atoms with Crippen molar-refractivity contribution in [3.63, 3.8) is 0 Å². The summed E-state index contributed by atoms with van der Waals surface area (Å²) in [5.74, 6) is 1.14. The number of piperidine rings is 1. The molecule has 0 aliphatic carbocycles. The highest BCUT2D eigenvalue weighted by molar-refractivity contribution is 7.71. The van der Waals surface area contributed by atoms with E-state index in [2.05, 4.69) is 12.0 Å². The molecule has 0 spiro atoms. The van der Waals surface area contributed by atoms with Crippen molar-refractivity contribution in [1.29, 1.82) is 0 Å². The van der Waals surface area contributed by atoms with E-state index < -0.39 is 0 Å². The van der Waals surface area contributed by atoms with Crippen LogP contribution in [0.2, 0.25) is 0 Å². The van der Waals surface area contributed by atoms with Gasteiger partial charge in [-0.05, 0) is 43.1 Å². The fourth-order valence-electron chi connectivity index (χ4n) is 3.01. The Balaban J connectivity index is 1.87. The predicted molar refractivity (Wildman–Crippen MR) is 86.5 cm³/mol. The van der Waals surface area contributed by atoms with Crippen LogP contribution in [0, 0.1) is 16.5 Å². The number of quaternary nitrogens is 1. The zero-order valence-electron chi connectivity index (χ0n) is 13.1. The van der Waals surface area contributed by atoms with Crippen LogP contribution in [0.3, 0.4) is 0 Å². The zero-order chi connectivity index (χ0) is 15.7. The lowest BCUT2D eigenvalue weighted by atomic mass is 10.00. The van der Waals surface area contributed by atoms with E-state index in [1.54, 1.807) is 16.7 Å².